The van der Waals surface area contributed by atoms with Crippen LogP contribution in [0, 0.1) is 0 Å². The highest BCUT2D eigenvalue weighted by molar-refractivity contribution is 7.89. The minimum atomic E-state index is -3.60. The highest BCUT2D eigenvalue weighted by Gasteiger charge is 2.30. The van der Waals surface area contributed by atoms with Crippen molar-refractivity contribution in [3.63, 3.8) is 0 Å². The van der Waals surface area contributed by atoms with Crippen LogP contribution in [0.25, 0.3) is 0 Å². The summed E-state index contributed by atoms with van der Waals surface area (Å²) in [7, 11) is -3.60. The van der Waals surface area contributed by atoms with E-state index in [1.165, 1.54) is 33.5 Å². The molecule has 0 spiro atoms. The van der Waals surface area contributed by atoms with Crippen LogP contribution in [-0.2, 0) is 19.6 Å². The van der Waals surface area contributed by atoms with Gasteiger partial charge in [0.1, 0.15) is 0 Å². The second-order valence-corrected chi connectivity index (χ2v) is 9.02. The van der Waals surface area contributed by atoms with Gasteiger partial charge in [0, 0.05) is 26.2 Å². The Kier molecular flexibility index (Phi) is 6.79. The first-order valence-electron chi connectivity index (χ1n) is 8.75. The predicted octanol–water partition coefficient (Wildman–Crippen LogP) is 2.68. The van der Waals surface area contributed by atoms with Crippen LogP contribution in [0.1, 0.15) is 10.4 Å². The normalized spacial score (nSPS) is 15.2. The van der Waals surface area contributed by atoms with Gasteiger partial charge in [0.25, 0.3) is 5.91 Å². The summed E-state index contributed by atoms with van der Waals surface area (Å²) in [5.41, 5.74) is 0.00223. The number of hydrogen-bond donors (Lipinski definition) is 0. The number of carbonyl (C=O) groups excluding carboxylic acids is 2. The third kappa shape index (κ3) is 4.90. The van der Waals surface area contributed by atoms with Crippen molar-refractivity contribution < 1.29 is 22.7 Å². The number of halogens is 2. The summed E-state index contributed by atoms with van der Waals surface area (Å²) in [5, 5.41) is 0.268. The first kappa shape index (κ1) is 21.6. The van der Waals surface area contributed by atoms with Crippen LogP contribution in [0.3, 0.4) is 0 Å². The maximum Gasteiger partial charge on any atom is 0.341 e. The molecule has 0 aromatic heterocycles. The average Bonchev–Trinajstić information content (AvgIpc) is 2.72. The smallest absolute Gasteiger partial charge is 0.341 e. The Labute approximate surface area is 178 Å². The summed E-state index contributed by atoms with van der Waals surface area (Å²) in [5.74, 6) is -1.21. The quantitative estimate of drug-likeness (QED) is 0.645. The summed E-state index contributed by atoms with van der Waals surface area (Å²) in [6.07, 6.45) is 0. The van der Waals surface area contributed by atoms with E-state index in [4.69, 9.17) is 27.9 Å². The molecule has 2 aromatic carbocycles. The number of carbonyl (C=O) groups is 2. The molecule has 0 bridgehead atoms. The minimum absolute atomic E-state index is 0.00223. The van der Waals surface area contributed by atoms with E-state index in [1.807, 2.05) is 0 Å². The van der Waals surface area contributed by atoms with Crippen molar-refractivity contribution in [3.8, 4) is 0 Å². The topological polar surface area (TPSA) is 84.0 Å². The minimum Gasteiger partial charge on any atom is -0.452 e. The third-order valence-corrected chi connectivity index (χ3v) is 7.01. The van der Waals surface area contributed by atoms with Crippen molar-refractivity contribution >= 4 is 45.1 Å². The van der Waals surface area contributed by atoms with Gasteiger partial charge in [-0.1, -0.05) is 47.5 Å². The highest BCUT2D eigenvalue weighted by atomic mass is 35.5. The fraction of sp³-hybridized carbons (Fsp3) is 0.263. The first-order valence-corrected chi connectivity index (χ1v) is 10.9. The summed E-state index contributed by atoms with van der Waals surface area (Å²) in [6.45, 7) is 0.247. The molecule has 0 saturated carbocycles. The third-order valence-electron chi connectivity index (χ3n) is 4.47. The molecule has 1 aliphatic heterocycles. The van der Waals surface area contributed by atoms with Gasteiger partial charge < -0.3 is 9.64 Å². The first-order chi connectivity index (χ1) is 13.8. The Hall–Kier alpha value is -2.13. The van der Waals surface area contributed by atoms with Crippen LogP contribution in [-0.4, -0.2) is 62.3 Å². The molecule has 0 aliphatic carbocycles. The molecule has 0 radical (unpaired) electrons. The van der Waals surface area contributed by atoms with Gasteiger partial charge in [-0.2, -0.15) is 4.31 Å². The van der Waals surface area contributed by atoms with Crippen LogP contribution in [0.5, 0.6) is 0 Å². The zero-order valence-corrected chi connectivity index (χ0v) is 17.6. The van der Waals surface area contributed by atoms with E-state index in [2.05, 4.69) is 0 Å². The zero-order chi connectivity index (χ0) is 21.0. The lowest BCUT2D eigenvalue weighted by molar-refractivity contribution is -0.135. The Morgan fingerprint density at radius 2 is 1.48 bits per heavy atom. The lowest BCUT2D eigenvalue weighted by Crippen LogP contribution is -2.51. The molecule has 1 amide bonds. The van der Waals surface area contributed by atoms with Crippen LogP contribution in [0.4, 0.5) is 0 Å². The van der Waals surface area contributed by atoms with Crippen LogP contribution < -0.4 is 0 Å². The number of nitrogens with zero attached hydrogens (tertiary/aromatic N) is 2. The van der Waals surface area contributed by atoms with Crippen molar-refractivity contribution in [2.75, 3.05) is 32.8 Å². The van der Waals surface area contributed by atoms with Crippen molar-refractivity contribution in [2.24, 2.45) is 0 Å². The number of esters is 1. The molecule has 0 unspecified atom stereocenters. The number of piperazine rings is 1. The molecule has 1 saturated heterocycles. The Morgan fingerprint density at radius 3 is 2.07 bits per heavy atom. The highest BCUT2D eigenvalue weighted by Crippen LogP contribution is 2.25. The number of hydrogen-bond acceptors (Lipinski definition) is 5. The molecular formula is C19H18Cl2N2O5S. The molecule has 1 fully saturated rings. The molecule has 154 valence electrons. The van der Waals surface area contributed by atoms with Crippen molar-refractivity contribution in [2.45, 2.75) is 4.90 Å². The van der Waals surface area contributed by atoms with Gasteiger partial charge in [0.2, 0.25) is 10.0 Å². The lowest BCUT2D eigenvalue weighted by Gasteiger charge is -2.33. The van der Waals surface area contributed by atoms with Gasteiger partial charge in [0.15, 0.2) is 6.61 Å². The van der Waals surface area contributed by atoms with Crippen molar-refractivity contribution in [3.05, 3.63) is 64.1 Å². The number of ether oxygens (including phenoxy) is 1. The van der Waals surface area contributed by atoms with Gasteiger partial charge in [0.05, 0.1) is 20.5 Å². The average molecular weight is 457 g/mol. The van der Waals surface area contributed by atoms with E-state index in [-0.39, 0.29) is 46.7 Å². The summed E-state index contributed by atoms with van der Waals surface area (Å²) in [4.78, 5) is 26.2. The maximum absolute atomic E-state index is 12.6. The molecule has 0 N–H and O–H groups in total. The molecule has 7 nitrogen and oxygen atoms in total. The van der Waals surface area contributed by atoms with Gasteiger partial charge in [-0.05, 0) is 24.3 Å². The SMILES string of the molecule is O=C(OCC(=O)N1CCN(S(=O)(=O)c2ccccc2)CC1)c1c(Cl)cccc1Cl. The monoisotopic (exact) mass is 456 g/mol. The molecule has 10 heteroatoms. The largest absolute Gasteiger partial charge is 0.452 e. The predicted molar refractivity (Wildman–Crippen MR) is 109 cm³/mol. The van der Waals surface area contributed by atoms with Gasteiger partial charge in [-0.3, -0.25) is 4.79 Å². The molecule has 1 heterocycles. The standard InChI is InChI=1S/C19H18Cl2N2O5S/c20-15-7-4-8-16(21)18(15)19(25)28-13-17(24)22-9-11-23(12-10-22)29(26,27)14-5-2-1-3-6-14/h1-8H,9-13H2. The Balaban J connectivity index is 1.55. The fourth-order valence-electron chi connectivity index (χ4n) is 2.90. The van der Waals surface area contributed by atoms with Crippen LogP contribution >= 0.6 is 23.2 Å². The molecule has 1 aliphatic rings. The number of amides is 1. The van der Waals surface area contributed by atoms with E-state index in [1.54, 1.807) is 24.3 Å². The van der Waals surface area contributed by atoms with Crippen molar-refractivity contribution in [1.82, 2.24) is 9.21 Å². The number of sulfonamides is 1. The Bertz CT molecular complexity index is 986. The summed E-state index contributed by atoms with van der Waals surface area (Å²) >= 11 is 11.9. The van der Waals surface area contributed by atoms with E-state index < -0.39 is 28.5 Å². The lowest BCUT2D eigenvalue weighted by atomic mass is 10.2. The molecule has 0 atom stereocenters. The van der Waals surface area contributed by atoms with Gasteiger partial charge in [-0.15, -0.1) is 0 Å². The summed E-state index contributed by atoms with van der Waals surface area (Å²) in [6, 6.07) is 12.7. The molecule has 3 rings (SSSR count). The molecular weight excluding hydrogens is 439 g/mol. The van der Waals surface area contributed by atoms with Gasteiger partial charge in [-0.25, -0.2) is 13.2 Å². The van der Waals surface area contributed by atoms with Crippen molar-refractivity contribution in [1.29, 1.82) is 0 Å². The van der Waals surface area contributed by atoms with Gasteiger partial charge >= 0.3 is 5.97 Å². The fourth-order valence-corrected chi connectivity index (χ4v) is 4.90. The zero-order valence-electron chi connectivity index (χ0n) is 15.3. The number of benzene rings is 2. The van der Waals surface area contributed by atoms with Crippen LogP contribution in [0.2, 0.25) is 10.0 Å². The van der Waals surface area contributed by atoms with Crippen LogP contribution in [0.15, 0.2) is 53.4 Å². The Morgan fingerprint density at radius 1 is 0.897 bits per heavy atom. The summed E-state index contributed by atoms with van der Waals surface area (Å²) < 4.78 is 31.6. The second kappa shape index (κ2) is 9.13. The van der Waals surface area contributed by atoms with E-state index in [9.17, 15) is 18.0 Å². The molecule has 29 heavy (non-hydrogen) atoms. The van der Waals surface area contributed by atoms with E-state index in [0.717, 1.165) is 0 Å². The number of rotatable bonds is 5. The molecule has 2 aromatic rings. The van der Waals surface area contributed by atoms with E-state index >= 15 is 0 Å². The maximum atomic E-state index is 12.6. The van der Waals surface area contributed by atoms with E-state index in [0.29, 0.717) is 0 Å². The second-order valence-electron chi connectivity index (χ2n) is 6.27.